The highest BCUT2D eigenvalue weighted by atomic mass is 35.5. The molecule has 1 saturated carbocycles. The van der Waals surface area contributed by atoms with E-state index in [1.807, 2.05) is 0 Å². The predicted molar refractivity (Wildman–Crippen MR) is 124 cm³/mol. The van der Waals surface area contributed by atoms with E-state index in [9.17, 15) is 18.8 Å². The second kappa shape index (κ2) is 11.2. The van der Waals surface area contributed by atoms with E-state index in [0.717, 1.165) is 25.2 Å². The summed E-state index contributed by atoms with van der Waals surface area (Å²) in [5, 5.41) is 14.9. The second-order valence-corrected chi connectivity index (χ2v) is 9.88. The third kappa shape index (κ3) is 6.56. The Kier molecular flexibility index (Phi) is 8.23. The zero-order chi connectivity index (χ0) is 24.2. The average Bonchev–Trinajstić information content (AvgIpc) is 3.44. The van der Waals surface area contributed by atoms with Crippen LogP contribution in [0.15, 0.2) is 30.6 Å². The lowest BCUT2D eigenvalue weighted by molar-refractivity contribution is -0.605. The Morgan fingerprint density at radius 2 is 1.97 bits per heavy atom. The minimum atomic E-state index is -3.02. The number of nitrogens with one attached hydrogen (secondary N) is 1. The second-order valence-electron chi connectivity index (χ2n) is 8.03. The Hall–Kier alpha value is -2.01. The highest BCUT2D eigenvalue weighted by Crippen LogP contribution is 2.38. The number of ether oxygens (including phenoxy) is 3. The number of nitrogens with zero attached hydrogens (tertiary/aromatic N) is 1. The molecule has 0 unspecified atom stereocenters. The molecule has 2 fully saturated rings. The van der Waals surface area contributed by atoms with E-state index >= 15 is 0 Å². The maximum Gasteiger partial charge on any atom is 0.387 e. The van der Waals surface area contributed by atoms with Gasteiger partial charge in [-0.3, -0.25) is 10.1 Å². The number of thioether (sulfide) groups is 1. The van der Waals surface area contributed by atoms with Crippen molar-refractivity contribution in [2.75, 3.05) is 18.2 Å². The van der Waals surface area contributed by atoms with Crippen LogP contribution in [0.5, 0.6) is 11.5 Å². The third-order valence-corrected chi connectivity index (χ3v) is 7.02. The lowest BCUT2D eigenvalue weighted by Gasteiger charge is -2.22. The molecule has 1 aromatic carbocycles. The van der Waals surface area contributed by atoms with Gasteiger partial charge >= 0.3 is 12.6 Å². The molecule has 34 heavy (non-hydrogen) atoms. The van der Waals surface area contributed by atoms with Crippen molar-refractivity contribution in [2.24, 2.45) is 5.92 Å². The fourth-order valence-electron chi connectivity index (χ4n) is 3.43. The van der Waals surface area contributed by atoms with E-state index in [2.05, 4.69) is 10.1 Å². The molecule has 2 aliphatic rings. The first kappa shape index (κ1) is 25.1. The standard InChI is InChI=1S/C22H22Cl2F2N2O5S/c23-15-7-28(30)8-16(24)14(15)6-19(32-21(29)17-10-34-11-27-17)13-3-4-18(33-22(25)26)20(5-13)31-9-12-1-2-12/h3-5,7-8,12,17,19,22,27H,1-2,6,9-11H2/t17-,19-/m0/s1. The highest BCUT2D eigenvalue weighted by molar-refractivity contribution is 7.99. The van der Waals surface area contributed by atoms with Crippen LogP contribution in [0.3, 0.4) is 0 Å². The third-order valence-electron chi connectivity index (χ3n) is 5.43. The highest BCUT2D eigenvalue weighted by Gasteiger charge is 2.30. The predicted octanol–water partition coefficient (Wildman–Crippen LogP) is 4.51. The smallest absolute Gasteiger partial charge is 0.387 e. The molecule has 1 saturated heterocycles. The minimum Gasteiger partial charge on any atom is -0.619 e. The molecule has 2 heterocycles. The SMILES string of the molecule is O=C(O[C@@H](Cc1c(Cl)c[n+]([O-])cc1Cl)c1ccc(OC(F)F)c(OCC2CC2)c1)[C@@H]1CSCN1. The van der Waals surface area contributed by atoms with E-state index in [1.54, 1.807) is 11.8 Å². The average molecular weight is 535 g/mol. The van der Waals surface area contributed by atoms with Crippen LogP contribution in [0.2, 0.25) is 10.0 Å². The van der Waals surface area contributed by atoms with Crippen LogP contribution in [0.4, 0.5) is 8.78 Å². The Morgan fingerprint density at radius 1 is 1.24 bits per heavy atom. The number of esters is 1. The number of alkyl halides is 2. The van der Waals surface area contributed by atoms with Gasteiger partial charge in [0.2, 0.25) is 0 Å². The summed E-state index contributed by atoms with van der Waals surface area (Å²) in [6.45, 7) is -2.65. The van der Waals surface area contributed by atoms with E-state index in [0.29, 0.717) is 40.0 Å². The first-order valence-corrected chi connectivity index (χ1v) is 12.5. The first-order chi connectivity index (χ1) is 16.3. The van der Waals surface area contributed by atoms with Gasteiger partial charge < -0.3 is 19.4 Å². The topological polar surface area (TPSA) is 83.7 Å². The molecule has 184 valence electrons. The molecule has 0 bridgehead atoms. The molecule has 0 amide bonds. The molecular weight excluding hydrogens is 513 g/mol. The monoisotopic (exact) mass is 534 g/mol. The summed E-state index contributed by atoms with van der Waals surface area (Å²) < 4.78 is 42.5. The van der Waals surface area contributed by atoms with Gasteiger partial charge in [-0.25, -0.2) is 0 Å². The molecule has 1 N–H and O–H groups in total. The first-order valence-electron chi connectivity index (χ1n) is 10.6. The number of carbonyl (C=O) groups excluding carboxylic acids is 1. The molecule has 0 spiro atoms. The maximum absolute atomic E-state index is 12.9. The molecule has 1 aliphatic carbocycles. The fourth-order valence-corrected chi connectivity index (χ4v) is 4.96. The van der Waals surface area contributed by atoms with Gasteiger partial charge in [0.05, 0.1) is 6.61 Å². The van der Waals surface area contributed by atoms with Crippen molar-refractivity contribution in [3.8, 4) is 11.5 Å². The minimum absolute atomic E-state index is 0.0568. The summed E-state index contributed by atoms with van der Waals surface area (Å²) in [6, 6.07) is 3.92. The van der Waals surface area contributed by atoms with E-state index in [1.165, 1.54) is 18.2 Å². The van der Waals surface area contributed by atoms with Crippen LogP contribution in [0, 0.1) is 11.1 Å². The van der Waals surface area contributed by atoms with Gasteiger partial charge in [0.15, 0.2) is 23.9 Å². The van der Waals surface area contributed by atoms with Gasteiger partial charge in [-0.15, -0.1) is 11.8 Å². The van der Waals surface area contributed by atoms with Crippen molar-refractivity contribution in [1.29, 1.82) is 0 Å². The molecule has 2 atom stereocenters. The maximum atomic E-state index is 12.9. The Balaban J connectivity index is 1.65. The Labute approximate surface area is 209 Å². The van der Waals surface area contributed by atoms with Gasteiger partial charge in [-0.1, -0.05) is 29.3 Å². The van der Waals surface area contributed by atoms with Crippen LogP contribution < -0.4 is 19.5 Å². The van der Waals surface area contributed by atoms with Crippen molar-refractivity contribution in [3.05, 3.63) is 57.0 Å². The molecule has 12 heteroatoms. The summed E-state index contributed by atoms with van der Waals surface area (Å²) in [5.74, 6) is 1.12. The largest absolute Gasteiger partial charge is 0.619 e. The zero-order valence-corrected chi connectivity index (χ0v) is 20.2. The van der Waals surface area contributed by atoms with Crippen LogP contribution in [-0.2, 0) is 16.0 Å². The number of hydrogen-bond acceptors (Lipinski definition) is 7. The van der Waals surface area contributed by atoms with Crippen molar-refractivity contribution >= 4 is 40.9 Å². The normalized spacial score (nSPS) is 18.7. The fraction of sp³-hybridized carbons (Fsp3) is 0.455. The molecule has 1 aliphatic heterocycles. The van der Waals surface area contributed by atoms with Crippen LogP contribution >= 0.6 is 35.0 Å². The lowest BCUT2D eigenvalue weighted by Crippen LogP contribution is -2.35. The van der Waals surface area contributed by atoms with Crippen molar-refractivity contribution in [1.82, 2.24) is 5.32 Å². The quantitative estimate of drug-likeness (QED) is 0.273. The number of hydrogen-bond donors (Lipinski definition) is 1. The molecule has 1 aromatic heterocycles. The molecule has 2 aromatic rings. The van der Waals surface area contributed by atoms with Crippen molar-refractivity contribution < 1.29 is 32.5 Å². The van der Waals surface area contributed by atoms with Crippen LogP contribution in [-0.4, -0.2) is 36.9 Å². The molecular formula is C22H22Cl2F2N2O5S. The summed E-state index contributed by atoms with van der Waals surface area (Å²) in [5.41, 5.74) is 0.896. The summed E-state index contributed by atoms with van der Waals surface area (Å²) in [4.78, 5) is 12.8. The zero-order valence-electron chi connectivity index (χ0n) is 17.8. The van der Waals surface area contributed by atoms with Gasteiger partial charge in [0.1, 0.15) is 22.2 Å². The number of carbonyl (C=O) groups is 1. The van der Waals surface area contributed by atoms with Gasteiger partial charge in [0.25, 0.3) is 0 Å². The van der Waals surface area contributed by atoms with Gasteiger partial charge in [-0.2, -0.15) is 13.5 Å². The van der Waals surface area contributed by atoms with Crippen molar-refractivity contribution in [2.45, 2.75) is 38.0 Å². The van der Waals surface area contributed by atoms with Crippen LogP contribution in [0.1, 0.15) is 30.1 Å². The number of pyridine rings is 1. The molecule has 0 radical (unpaired) electrons. The Morgan fingerprint density at radius 3 is 2.59 bits per heavy atom. The lowest BCUT2D eigenvalue weighted by atomic mass is 10.0. The number of aromatic nitrogens is 1. The van der Waals surface area contributed by atoms with E-state index in [4.69, 9.17) is 32.7 Å². The summed E-state index contributed by atoms with van der Waals surface area (Å²) >= 11 is 14.1. The summed E-state index contributed by atoms with van der Waals surface area (Å²) in [7, 11) is 0. The molecule has 4 rings (SSSR count). The van der Waals surface area contributed by atoms with Gasteiger partial charge in [0, 0.05) is 23.6 Å². The van der Waals surface area contributed by atoms with E-state index in [-0.39, 0.29) is 28.0 Å². The molecule has 7 nitrogen and oxygen atoms in total. The number of halogens is 4. The number of rotatable bonds is 10. The Bertz CT molecular complexity index is 1020. The van der Waals surface area contributed by atoms with Crippen molar-refractivity contribution in [3.63, 3.8) is 0 Å². The van der Waals surface area contributed by atoms with Gasteiger partial charge in [-0.05, 0) is 36.5 Å². The van der Waals surface area contributed by atoms with E-state index < -0.39 is 24.7 Å². The number of benzene rings is 1. The van der Waals surface area contributed by atoms with Crippen LogP contribution in [0.25, 0.3) is 0 Å². The summed E-state index contributed by atoms with van der Waals surface area (Å²) in [6.07, 6.45) is 3.52.